The van der Waals surface area contributed by atoms with Gasteiger partial charge in [0.05, 0.1) is 6.10 Å². The standard InChI is InChI=1S/C16H27NO2/c18-12-16(7-3-1-2-4-8-16)11-17-13-5-6-14(17)10-15(19)9-13/h12-15,19H,1-11H2. The maximum absolute atomic E-state index is 11.7. The molecule has 3 aliphatic rings. The minimum Gasteiger partial charge on any atom is -0.393 e. The number of carbonyl (C=O) groups excluding carboxylic acids is 1. The summed E-state index contributed by atoms with van der Waals surface area (Å²) >= 11 is 0. The van der Waals surface area contributed by atoms with Crippen LogP contribution >= 0.6 is 0 Å². The van der Waals surface area contributed by atoms with Crippen molar-refractivity contribution < 1.29 is 9.90 Å². The van der Waals surface area contributed by atoms with E-state index in [1.165, 1.54) is 44.8 Å². The molecule has 2 saturated heterocycles. The fourth-order valence-corrected chi connectivity index (χ4v) is 4.61. The molecule has 0 spiro atoms. The third-order valence-corrected chi connectivity index (χ3v) is 5.71. The maximum Gasteiger partial charge on any atom is 0.127 e. The van der Waals surface area contributed by atoms with Crippen molar-refractivity contribution in [1.82, 2.24) is 4.90 Å². The Kier molecular flexibility index (Phi) is 3.95. The van der Waals surface area contributed by atoms with Gasteiger partial charge in [-0.3, -0.25) is 4.90 Å². The molecule has 0 aromatic rings. The number of aldehydes is 1. The highest BCUT2D eigenvalue weighted by atomic mass is 16.3. The van der Waals surface area contributed by atoms with Crippen molar-refractivity contribution in [2.24, 2.45) is 5.41 Å². The first-order valence-corrected chi connectivity index (χ1v) is 8.13. The second kappa shape index (κ2) is 5.53. The Morgan fingerprint density at radius 2 is 1.63 bits per heavy atom. The van der Waals surface area contributed by atoms with Crippen LogP contribution in [0.25, 0.3) is 0 Å². The highest BCUT2D eigenvalue weighted by molar-refractivity contribution is 5.60. The Hall–Kier alpha value is -0.410. The van der Waals surface area contributed by atoms with Gasteiger partial charge in [0.25, 0.3) is 0 Å². The van der Waals surface area contributed by atoms with Crippen LogP contribution in [0.1, 0.15) is 64.2 Å². The molecule has 3 nitrogen and oxygen atoms in total. The summed E-state index contributed by atoms with van der Waals surface area (Å²) in [6.45, 7) is 0.957. The molecule has 2 atom stereocenters. The number of aliphatic hydroxyl groups excluding tert-OH is 1. The lowest BCUT2D eigenvalue weighted by molar-refractivity contribution is -0.119. The summed E-state index contributed by atoms with van der Waals surface area (Å²) in [4.78, 5) is 14.3. The van der Waals surface area contributed by atoms with Gasteiger partial charge in [-0.05, 0) is 38.5 Å². The van der Waals surface area contributed by atoms with Gasteiger partial charge in [-0.25, -0.2) is 0 Å². The Morgan fingerprint density at radius 3 is 2.16 bits per heavy atom. The van der Waals surface area contributed by atoms with E-state index in [2.05, 4.69) is 4.90 Å². The summed E-state index contributed by atoms with van der Waals surface area (Å²) in [5, 5.41) is 9.88. The predicted octanol–water partition coefficient (Wildman–Crippen LogP) is 2.51. The minimum absolute atomic E-state index is 0.0837. The summed E-state index contributed by atoms with van der Waals surface area (Å²) in [5.41, 5.74) is -0.0837. The summed E-state index contributed by atoms with van der Waals surface area (Å²) in [7, 11) is 0. The fraction of sp³-hybridized carbons (Fsp3) is 0.938. The smallest absolute Gasteiger partial charge is 0.127 e. The first-order chi connectivity index (χ1) is 9.22. The van der Waals surface area contributed by atoms with Gasteiger partial charge in [0.15, 0.2) is 0 Å². The third-order valence-electron chi connectivity index (χ3n) is 5.71. The van der Waals surface area contributed by atoms with Crippen LogP contribution in [0.15, 0.2) is 0 Å². The zero-order valence-electron chi connectivity index (χ0n) is 11.9. The Morgan fingerprint density at radius 1 is 1.05 bits per heavy atom. The second-order valence-corrected chi connectivity index (χ2v) is 7.08. The zero-order chi connectivity index (χ0) is 13.3. The van der Waals surface area contributed by atoms with Gasteiger partial charge >= 0.3 is 0 Å². The summed E-state index contributed by atoms with van der Waals surface area (Å²) in [5.74, 6) is 0. The largest absolute Gasteiger partial charge is 0.393 e. The number of fused-ring (bicyclic) bond motifs is 2. The quantitative estimate of drug-likeness (QED) is 0.629. The molecule has 2 aliphatic heterocycles. The van der Waals surface area contributed by atoms with Crippen LogP contribution in [0.4, 0.5) is 0 Å². The molecule has 0 amide bonds. The van der Waals surface area contributed by atoms with Gasteiger partial charge in [0.1, 0.15) is 6.29 Å². The molecule has 3 heteroatoms. The van der Waals surface area contributed by atoms with Gasteiger partial charge in [0, 0.05) is 24.0 Å². The van der Waals surface area contributed by atoms with Crippen LogP contribution in [0.3, 0.4) is 0 Å². The van der Waals surface area contributed by atoms with Gasteiger partial charge in [-0.2, -0.15) is 0 Å². The molecule has 1 N–H and O–H groups in total. The topological polar surface area (TPSA) is 40.5 Å². The number of piperidine rings is 1. The average Bonchev–Trinajstić information content (AvgIpc) is 2.63. The number of rotatable bonds is 3. The molecule has 1 aliphatic carbocycles. The zero-order valence-corrected chi connectivity index (χ0v) is 11.9. The van der Waals surface area contributed by atoms with Crippen molar-refractivity contribution in [3.8, 4) is 0 Å². The normalized spacial score (nSPS) is 38.9. The molecule has 0 aromatic heterocycles. The van der Waals surface area contributed by atoms with Gasteiger partial charge < -0.3 is 9.90 Å². The first kappa shape index (κ1) is 13.6. The number of carbonyl (C=O) groups is 1. The Bertz CT molecular complexity index is 309. The molecule has 19 heavy (non-hydrogen) atoms. The lowest BCUT2D eigenvalue weighted by atomic mass is 9.80. The summed E-state index contributed by atoms with van der Waals surface area (Å²) in [6.07, 6.45) is 12.6. The number of aliphatic hydroxyl groups is 1. The van der Waals surface area contributed by atoms with Crippen molar-refractivity contribution >= 4 is 6.29 Å². The van der Waals surface area contributed by atoms with Crippen molar-refractivity contribution in [3.05, 3.63) is 0 Å². The lowest BCUT2D eigenvalue weighted by Gasteiger charge is -2.42. The molecule has 0 radical (unpaired) electrons. The van der Waals surface area contributed by atoms with Crippen LogP contribution in [0, 0.1) is 5.41 Å². The number of hydrogen-bond donors (Lipinski definition) is 1. The van der Waals surface area contributed by atoms with E-state index in [0.717, 1.165) is 32.2 Å². The second-order valence-electron chi connectivity index (χ2n) is 7.08. The summed E-state index contributed by atoms with van der Waals surface area (Å²) < 4.78 is 0. The fourth-order valence-electron chi connectivity index (χ4n) is 4.61. The summed E-state index contributed by atoms with van der Waals surface area (Å²) in [6, 6.07) is 1.07. The van der Waals surface area contributed by atoms with E-state index in [1.807, 2.05) is 0 Å². The highest BCUT2D eigenvalue weighted by Gasteiger charge is 2.44. The van der Waals surface area contributed by atoms with E-state index >= 15 is 0 Å². The molecule has 2 heterocycles. The lowest BCUT2D eigenvalue weighted by Crippen LogP contribution is -2.50. The van der Waals surface area contributed by atoms with Crippen LogP contribution in [-0.4, -0.2) is 41.0 Å². The molecule has 2 unspecified atom stereocenters. The van der Waals surface area contributed by atoms with E-state index in [9.17, 15) is 9.90 Å². The van der Waals surface area contributed by atoms with Gasteiger partial charge in [-0.15, -0.1) is 0 Å². The van der Waals surface area contributed by atoms with Crippen molar-refractivity contribution in [3.63, 3.8) is 0 Å². The molecular weight excluding hydrogens is 238 g/mol. The Balaban J connectivity index is 1.70. The van der Waals surface area contributed by atoms with Crippen molar-refractivity contribution in [2.75, 3.05) is 6.54 Å². The van der Waals surface area contributed by atoms with Gasteiger partial charge in [0.2, 0.25) is 0 Å². The first-order valence-electron chi connectivity index (χ1n) is 8.13. The molecule has 0 aromatic carbocycles. The molecule has 2 bridgehead atoms. The molecule has 108 valence electrons. The minimum atomic E-state index is -0.102. The third kappa shape index (κ3) is 2.73. The van der Waals surface area contributed by atoms with Crippen molar-refractivity contribution in [1.29, 1.82) is 0 Å². The monoisotopic (exact) mass is 265 g/mol. The van der Waals surface area contributed by atoms with Crippen LogP contribution < -0.4 is 0 Å². The van der Waals surface area contributed by atoms with Crippen LogP contribution in [0.2, 0.25) is 0 Å². The predicted molar refractivity (Wildman–Crippen MR) is 75.0 cm³/mol. The van der Waals surface area contributed by atoms with Crippen LogP contribution in [-0.2, 0) is 4.79 Å². The Labute approximate surface area is 116 Å². The van der Waals surface area contributed by atoms with E-state index in [0.29, 0.717) is 12.1 Å². The van der Waals surface area contributed by atoms with Crippen molar-refractivity contribution in [2.45, 2.75) is 82.4 Å². The van der Waals surface area contributed by atoms with Gasteiger partial charge in [-0.1, -0.05) is 25.7 Å². The number of hydrogen-bond acceptors (Lipinski definition) is 3. The molecular formula is C16H27NO2. The van der Waals surface area contributed by atoms with E-state index in [1.54, 1.807) is 0 Å². The molecule has 3 fully saturated rings. The maximum atomic E-state index is 11.7. The van der Waals surface area contributed by atoms with E-state index < -0.39 is 0 Å². The number of nitrogens with zero attached hydrogens (tertiary/aromatic N) is 1. The molecule has 1 saturated carbocycles. The van der Waals surface area contributed by atoms with E-state index in [-0.39, 0.29) is 11.5 Å². The van der Waals surface area contributed by atoms with Crippen LogP contribution in [0.5, 0.6) is 0 Å². The van der Waals surface area contributed by atoms with E-state index in [4.69, 9.17) is 0 Å². The molecule has 3 rings (SSSR count). The SMILES string of the molecule is O=CC1(CN2C3CCC2CC(O)C3)CCCCCC1. The average molecular weight is 265 g/mol. The highest BCUT2D eigenvalue weighted by Crippen LogP contribution is 2.41.